The van der Waals surface area contributed by atoms with Gasteiger partial charge >= 0.3 is 0 Å². The van der Waals surface area contributed by atoms with Crippen molar-refractivity contribution in [1.82, 2.24) is 0 Å². The van der Waals surface area contributed by atoms with Crippen LogP contribution in [0.25, 0.3) is 0 Å². The Kier molecular flexibility index (Phi) is 4.42. The van der Waals surface area contributed by atoms with Crippen molar-refractivity contribution in [2.45, 2.75) is 12.3 Å². The first-order chi connectivity index (χ1) is 6.22. The Morgan fingerprint density at radius 1 is 1.23 bits per heavy atom. The molecule has 0 aliphatic carbocycles. The van der Waals surface area contributed by atoms with Crippen LogP contribution < -0.4 is 0 Å². The fraction of sp³-hybridized carbons (Fsp3) is 0.333. The molecular weight excluding hydrogens is 208 g/mol. The highest BCUT2D eigenvalue weighted by molar-refractivity contribution is 7.79. The van der Waals surface area contributed by atoms with E-state index < -0.39 is 11.1 Å². The van der Waals surface area contributed by atoms with E-state index in [0.717, 1.165) is 11.1 Å². The van der Waals surface area contributed by atoms with Crippen LogP contribution in [0.4, 0.5) is 0 Å². The number of hydrogen-bond acceptors (Lipinski definition) is 2. The number of aryl methyl sites for hydroxylation is 1. The molecule has 0 fully saturated rings. The third-order valence-corrected chi connectivity index (χ3v) is 2.58. The van der Waals surface area contributed by atoms with Crippen molar-refractivity contribution in [1.29, 1.82) is 0 Å². The van der Waals surface area contributed by atoms with E-state index in [1.54, 1.807) is 0 Å². The van der Waals surface area contributed by atoms with E-state index in [1.807, 2.05) is 24.3 Å². The maximum atomic E-state index is 10.3. The van der Waals surface area contributed by atoms with E-state index in [4.69, 9.17) is 11.6 Å². The summed E-state index contributed by atoms with van der Waals surface area (Å²) in [5.74, 6) is 0.675. The molecule has 0 saturated carbocycles. The predicted molar refractivity (Wildman–Crippen MR) is 53.5 cm³/mol. The Labute approximate surface area is 85.2 Å². The number of halogens is 1. The lowest BCUT2D eigenvalue weighted by Crippen LogP contribution is -1.99. The summed E-state index contributed by atoms with van der Waals surface area (Å²) in [5.41, 5.74) is 2.08. The third-order valence-electron chi connectivity index (χ3n) is 1.73. The molecule has 1 atom stereocenters. The van der Waals surface area contributed by atoms with Crippen LogP contribution in [0.3, 0.4) is 0 Å². The van der Waals surface area contributed by atoms with Crippen LogP contribution in [0.2, 0.25) is 0 Å². The smallest absolute Gasteiger partial charge is 0.0474 e. The van der Waals surface area contributed by atoms with Crippen molar-refractivity contribution in [3.8, 4) is 0 Å². The molecule has 0 aliphatic rings. The van der Waals surface area contributed by atoms with Crippen LogP contribution in [0.1, 0.15) is 11.1 Å². The largest absolute Gasteiger partial charge is 0.772 e. The zero-order valence-corrected chi connectivity index (χ0v) is 8.61. The highest BCUT2D eigenvalue weighted by Crippen LogP contribution is 2.07. The number of rotatable bonds is 4. The normalized spacial score (nSPS) is 12.8. The van der Waals surface area contributed by atoms with Crippen molar-refractivity contribution < 1.29 is 8.76 Å². The summed E-state index contributed by atoms with van der Waals surface area (Å²) >= 11 is 3.66. The van der Waals surface area contributed by atoms with Gasteiger partial charge in [-0.05, 0) is 17.5 Å². The molecule has 1 aromatic rings. The van der Waals surface area contributed by atoms with Gasteiger partial charge in [-0.25, -0.2) is 0 Å². The molecule has 1 rings (SSSR count). The van der Waals surface area contributed by atoms with Gasteiger partial charge in [0.15, 0.2) is 0 Å². The molecule has 0 heterocycles. The predicted octanol–water partition coefficient (Wildman–Crippen LogP) is 1.85. The molecule has 0 amide bonds. The first kappa shape index (κ1) is 10.7. The molecular formula is C9H10ClO2S-. The monoisotopic (exact) mass is 217 g/mol. The lowest BCUT2D eigenvalue weighted by atomic mass is 10.1. The fourth-order valence-corrected chi connectivity index (χ4v) is 1.58. The minimum absolute atomic E-state index is 0.181. The second-order valence-electron chi connectivity index (χ2n) is 2.71. The van der Waals surface area contributed by atoms with Crippen molar-refractivity contribution >= 4 is 22.7 Å². The summed E-state index contributed by atoms with van der Waals surface area (Å²) in [6.07, 6.45) is 0.568. The van der Waals surface area contributed by atoms with Crippen molar-refractivity contribution in [2.24, 2.45) is 0 Å². The van der Waals surface area contributed by atoms with E-state index in [2.05, 4.69) is 0 Å². The van der Waals surface area contributed by atoms with Gasteiger partial charge in [0.1, 0.15) is 0 Å². The Bertz CT molecular complexity index is 284. The van der Waals surface area contributed by atoms with Crippen LogP contribution >= 0.6 is 11.6 Å². The number of alkyl halides is 1. The zero-order valence-electron chi connectivity index (χ0n) is 7.03. The number of benzene rings is 1. The first-order valence-electron chi connectivity index (χ1n) is 3.92. The van der Waals surface area contributed by atoms with Crippen LogP contribution in [-0.2, 0) is 23.4 Å². The minimum atomic E-state index is -1.95. The van der Waals surface area contributed by atoms with E-state index in [1.165, 1.54) is 0 Å². The second-order valence-corrected chi connectivity index (χ2v) is 3.99. The fourth-order valence-electron chi connectivity index (χ4n) is 0.996. The van der Waals surface area contributed by atoms with Crippen molar-refractivity contribution in [2.75, 3.05) is 5.75 Å². The van der Waals surface area contributed by atoms with Crippen LogP contribution in [0.15, 0.2) is 24.3 Å². The molecule has 0 aromatic heterocycles. The lowest BCUT2D eigenvalue weighted by molar-refractivity contribution is 0.536. The summed E-state index contributed by atoms with van der Waals surface area (Å²) in [4.78, 5) is 0. The maximum Gasteiger partial charge on any atom is 0.0474 e. The molecule has 0 bridgehead atoms. The average molecular weight is 218 g/mol. The molecule has 0 N–H and O–H groups in total. The van der Waals surface area contributed by atoms with Gasteiger partial charge in [-0.15, -0.1) is 11.6 Å². The van der Waals surface area contributed by atoms with Gasteiger partial charge in [-0.2, -0.15) is 0 Å². The topological polar surface area (TPSA) is 40.1 Å². The van der Waals surface area contributed by atoms with Gasteiger partial charge < -0.3 is 4.55 Å². The van der Waals surface area contributed by atoms with E-state index in [0.29, 0.717) is 12.3 Å². The summed E-state index contributed by atoms with van der Waals surface area (Å²) in [6, 6.07) is 7.64. The Hall–Kier alpha value is -0.380. The van der Waals surface area contributed by atoms with E-state index in [9.17, 15) is 8.76 Å². The minimum Gasteiger partial charge on any atom is -0.772 e. The first-order valence-corrected chi connectivity index (χ1v) is 5.70. The molecule has 2 nitrogen and oxygen atoms in total. The molecule has 0 radical (unpaired) electrons. The van der Waals surface area contributed by atoms with Crippen LogP contribution in [0.5, 0.6) is 0 Å². The van der Waals surface area contributed by atoms with Crippen LogP contribution in [0, 0.1) is 0 Å². The highest BCUT2D eigenvalue weighted by atomic mass is 35.5. The molecule has 1 unspecified atom stereocenters. The SMILES string of the molecule is O=S([O-])CCc1ccc(CCl)cc1. The van der Waals surface area contributed by atoms with Gasteiger partial charge in [0.2, 0.25) is 0 Å². The van der Waals surface area contributed by atoms with E-state index in [-0.39, 0.29) is 5.75 Å². The Balaban J connectivity index is 2.54. The van der Waals surface area contributed by atoms with Crippen molar-refractivity contribution in [3.63, 3.8) is 0 Å². The molecule has 0 aliphatic heterocycles. The molecule has 72 valence electrons. The highest BCUT2D eigenvalue weighted by Gasteiger charge is 1.93. The second kappa shape index (κ2) is 5.37. The summed E-state index contributed by atoms with van der Waals surface area (Å²) in [7, 11) is 0. The molecule has 0 saturated heterocycles. The molecule has 0 spiro atoms. The molecule has 13 heavy (non-hydrogen) atoms. The summed E-state index contributed by atoms with van der Waals surface area (Å²) < 4.78 is 20.5. The lowest BCUT2D eigenvalue weighted by Gasteiger charge is -2.04. The van der Waals surface area contributed by atoms with Gasteiger partial charge in [0, 0.05) is 11.6 Å². The van der Waals surface area contributed by atoms with Gasteiger partial charge in [0.05, 0.1) is 0 Å². The average Bonchev–Trinajstić information content (AvgIpc) is 2.15. The molecule has 1 aromatic carbocycles. The van der Waals surface area contributed by atoms with Crippen LogP contribution in [-0.4, -0.2) is 14.5 Å². The van der Waals surface area contributed by atoms with Gasteiger partial charge in [-0.1, -0.05) is 35.3 Å². The number of hydrogen-bond donors (Lipinski definition) is 0. The van der Waals surface area contributed by atoms with E-state index >= 15 is 0 Å². The third kappa shape index (κ3) is 3.89. The Morgan fingerprint density at radius 3 is 2.23 bits per heavy atom. The summed E-state index contributed by atoms with van der Waals surface area (Å²) in [5, 5.41) is 0. The zero-order chi connectivity index (χ0) is 9.68. The summed E-state index contributed by atoms with van der Waals surface area (Å²) in [6.45, 7) is 0. The van der Waals surface area contributed by atoms with Gasteiger partial charge in [0.25, 0.3) is 0 Å². The van der Waals surface area contributed by atoms with Crippen molar-refractivity contribution in [3.05, 3.63) is 35.4 Å². The Morgan fingerprint density at radius 2 is 1.77 bits per heavy atom. The standard InChI is InChI=1S/C9H11ClO2S/c10-7-9-3-1-8(2-4-9)5-6-13(11)12/h1-4H,5-7H2,(H,11,12)/p-1. The quantitative estimate of drug-likeness (QED) is 0.571. The molecule has 4 heteroatoms. The van der Waals surface area contributed by atoms with Gasteiger partial charge in [-0.3, -0.25) is 4.21 Å². The maximum absolute atomic E-state index is 10.3.